The number of carbonyl (C=O) groups is 1. The molecule has 6 nitrogen and oxygen atoms in total. The predicted molar refractivity (Wildman–Crippen MR) is 92.4 cm³/mol. The minimum atomic E-state index is -0.183. The van der Waals surface area contributed by atoms with Crippen molar-refractivity contribution in [2.45, 2.75) is 44.3 Å². The summed E-state index contributed by atoms with van der Waals surface area (Å²) < 4.78 is 1.69. The molecule has 2 aromatic rings. The van der Waals surface area contributed by atoms with Crippen LogP contribution in [-0.2, 0) is 6.54 Å². The van der Waals surface area contributed by atoms with E-state index in [1.165, 1.54) is 11.2 Å². The number of amides is 2. The van der Waals surface area contributed by atoms with Crippen molar-refractivity contribution in [1.29, 1.82) is 0 Å². The van der Waals surface area contributed by atoms with Crippen LogP contribution in [0, 0.1) is 0 Å². The van der Waals surface area contributed by atoms with E-state index in [1.807, 2.05) is 13.8 Å². The first kappa shape index (κ1) is 17.3. The van der Waals surface area contributed by atoms with E-state index >= 15 is 0 Å². The molecule has 124 valence electrons. The Morgan fingerprint density at radius 1 is 1.26 bits per heavy atom. The van der Waals surface area contributed by atoms with E-state index in [9.17, 15) is 4.79 Å². The number of nitrogens with zero attached hydrogens (tertiary/aromatic N) is 3. The molecule has 1 aromatic carbocycles. The fourth-order valence-electron chi connectivity index (χ4n) is 2.22. The van der Waals surface area contributed by atoms with Gasteiger partial charge in [-0.1, -0.05) is 19.1 Å². The number of rotatable bonds is 7. The first-order valence-corrected chi connectivity index (χ1v) is 8.69. The Morgan fingerprint density at radius 3 is 2.61 bits per heavy atom. The number of urea groups is 1. The van der Waals surface area contributed by atoms with E-state index in [0.29, 0.717) is 6.54 Å². The zero-order valence-corrected chi connectivity index (χ0v) is 14.5. The average molecular weight is 333 g/mol. The van der Waals surface area contributed by atoms with Gasteiger partial charge in [0, 0.05) is 10.9 Å². The zero-order chi connectivity index (χ0) is 16.7. The maximum absolute atomic E-state index is 12.1. The lowest BCUT2D eigenvalue weighted by molar-refractivity contribution is 0.233. The predicted octanol–water partition coefficient (Wildman–Crippen LogP) is 2.84. The van der Waals surface area contributed by atoms with Crippen molar-refractivity contribution in [3.05, 3.63) is 42.5 Å². The van der Waals surface area contributed by atoms with Crippen LogP contribution in [0.4, 0.5) is 4.79 Å². The molecule has 2 atom stereocenters. The molecule has 0 radical (unpaired) electrons. The summed E-state index contributed by atoms with van der Waals surface area (Å²) in [5.74, 6) is 1.05. The van der Waals surface area contributed by atoms with Crippen LogP contribution < -0.4 is 10.6 Å². The van der Waals surface area contributed by atoms with Crippen molar-refractivity contribution in [3.63, 3.8) is 0 Å². The topological polar surface area (TPSA) is 71.8 Å². The van der Waals surface area contributed by atoms with Gasteiger partial charge in [-0.15, -0.1) is 11.8 Å². The van der Waals surface area contributed by atoms with Gasteiger partial charge in [0.15, 0.2) is 0 Å². The molecule has 0 fully saturated rings. The molecule has 2 N–H and O–H groups in total. The molecular formula is C16H23N5OS. The summed E-state index contributed by atoms with van der Waals surface area (Å²) in [7, 11) is 0. The third-order valence-corrected chi connectivity index (χ3v) is 4.24. The molecule has 1 heterocycles. The van der Waals surface area contributed by atoms with Gasteiger partial charge in [-0.3, -0.25) is 4.68 Å². The highest BCUT2D eigenvalue weighted by Crippen LogP contribution is 2.20. The molecule has 0 aliphatic heterocycles. The number of hydrogen-bond donors (Lipinski definition) is 2. The molecule has 0 aliphatic carbocycles. The quantitative estimate of drug-likeness (QED) is 0.764. The van der Waals surface area contributed by atoms with Crippen molar-refractivity contribution >= 4 is 17.8 Å². The van der Waals surface area contributed by atoms with Gasteiger partial charge in [0.25, 0.3) is 0 Å². The maximum atomic E-state index is 12.1. The van der Waals surface area contributed by atoms with Gasteiger partial charge in [0.1, 0.15) is 12.7 Å². The second-order valence-corrected chi connectivity index (χ2v) is 6.70. The van der Waals surface area contributed by atoms with Crippen LogP contribution in [-0.4, -0.2) is 32.6 Å². The molecule has 0 unspecified atom stereocenters. The normalized spacial score (nSPS) is 13.3. The van der Waals surface area contributed by atoms with Crippen LogP contribution in [0.1, 0.15) is 32.4 Å². The van der Waals surface area contributed by atoms with Crippen LogP contribution in [0.5, 0.6) is 0 Å². The van der Waals surface area contributed by atoms with E-state index in [0.717, 1.165) is 11.3 Å². The minimum Gasteiger partial charge on any atom is -0.334 e. The van der Waals surface area contributed by atoms with Gasteiger partial charge in [-0.05, 0) is 37.3 Å². The van der Waals surface area contributed by atoms with Crippen LogP contribution >= 0.6 is 11.8 Å². The summed E-state index contributed by atoms with van der Waals surface area (Å²) in [4.78, 5) is 17.2. The lowest BCUT2D eigenvalue weighted by atomic mass is 10.1. The van der Waals surface area contributed by atoms with E-state index in [4.69, 9.17) is 0 Å². The Hall–Kier alpha value is -2.02. The van der Waals surface area contributed by atoms with Gasteiger partial charge in [0.2, 0.25) is 0 Å². The zero-order valence-electron chi connectivity index (χ0n) is 13.7. The highest BCUT2D eigenvalue weighted by atomic mass is 32.2. The maximum Gasteiger partial charge on any atom is 0.315 e. The Morgan fingerprint density at radius 2 is 2.00 bits per heavy atom. The first-order chi connectivity index (χ1) is 11.1. The lowest BCUT2D eigenvalue weighted by Gasteiger charge is -2.18. The second kappa shape index (κ2) is 8.57. The van der Waals surface area contributed by atoms with E-state index in [1.54, 1.807) is 22.8 Å². The summed E-state index contributed by atoms with van der Waals surface area (Å²) in [5.41, 5.74) is 1.09. The molecule has 2 amide bonds. The number of aromatic nitrogens is 3. The molecule has 0 saturated carbocycles. The molecule has 2 rings (SSSR count). The number of carbonyl (C=O) groups excluding carboxylic acids is 1. The van der Waals surface area contributed by atoms with Crippen LogP contribution in [0.2, 0.25) is 0 Å². The van der Waals surface area contributed by atoms with Gasteiger partial charge < -0.3 is 10.6 Å². The van der Waals surface area contributed by atoms with E-state index in [-0.39, 0.29) is 18.1 Å². The molecule has 0 saturated heterocycles. The smallest absolute Gasteiger partial charge is 0.315 e. The summed E-state index contributed by atoms with van der Waals surface area (Å²) in [6.07, 6.45) is 3.12. The molecule has 23 heavy (non-hydrogen) atoms. The third kappa shape index (κ3) is 5.59. The van der Waals surface area contributed by atoms with Crippen LogP contribution in [0.15, 0.2) is 41.8 Å². The molecular weight excluding hydrogens is 310 g/mol. The van der Waals surface area contributed by atoms with Crippen molar-refractivity contribution in [3.8, 4) is 0 Å². The van der Waals surface area contributed by atoms with Gasteiger partial charge in [-0.2, -0.15) is 5.10 Å². The number of nitrogens with one attached hydrogen (secondary N) is 2. The fourth-order valence-corrected chi connectivity index (χ4v) is 2.88. The summed E-state index contributed by atoms with van der Waals surface area (Å²) in [5, 5.41) is 9.89. The van der Waals surface area contributed by atoms with Crippen molar-refractivity contribution < 1.29 is 4.79 Å². The average Bonchev–Trinajstić information content (AvgIpc) is 3.00. The van der Waals surface area contributed by atoms with Crippen LogP contribution in [0.3, 0.4) is 0 Å². The fraction of sp³-hybridized carbons (Fsp3) is 0.438. The number of hydrogen-bond acceptors (Lipinski definition) is 4. The largest absolute Gasteiger partial charge is 0.334 e. The third-order valence-electron chi connectivity index (χ3n) is 3.34. The van der Waals surface area contributed by atoms with Gasteiger partial charge in [-0.25, -0.2) is 9.78 Å². The van der Waals surface area contributed by atoms with E-state index < -0.39 is 0 Å². The van der Waals surface area contributed by atoms with Crippen LogP contribution in [0.25, 0.3) is 0 Å². The van der Waals surface area contributed by atoms with Crippen molar-refractivity contribution in [2.75, 3.05) is 5.75 Å². The Bertz CT molecular complexity index is 599. The highest BCUT2D eigenvalue weighted by molar-refractivity contribution is 7.99. The Labute approximate surface area is 141 Å². The van der Waals surface area contributed by atoms with Gasteiger partial charge >= 0.3 is 6.03 Å². The summed E-state index contributed by atoms with van der Waals surface area (Å²) in [6.45, 7) is 6.63. The van der Waals surface area contributed by atoms with Gasteiger partial charge in [0.05, 0.1) is 12.6 Å². The lowest BCUT2D eigenvalue weighted by Crippen LogP contribution is -2.43. The monoisotopic (exact) mass is 333 g/mol. The molecule has 0 spiro atoms. The molecule has 1 aromatic heterocycles. The first-order valence-electron chi connectivity index (χ1n) is 7.70. The SMILES string of the molecule is CCSc1ccc([C@@H](C)NC(=O)N[C@@H](C)Cn2cncn2)cc1. The second-order valence-electron chi connectivity index (χ2n) is 5.36. The van der Waals surface area contributed by atoms with Crippen molar-refractivity contribution in [1.82, 2.24) is 25.4 Å². The molecule has 0 bridgehead atoms. The highest BCUT2D eigenvalue weighted by Gasteiger charge is 2.12. The minimum absolute atomic E-state index is 0.0350. The van der Waals surface area contributed by atoms with E-state index in [2.05, 4.69) is 51.9 Å². The summed E-state index contributed by atoms with van der Waals surface area (Å²) in [6, 6.07) is 8.03. The Kier molecular flexibility index (Phi) is 6.46. The molecule has 7 heteroatoms. The van der Waals surface area contributed by atoms with Crippen molar-refractivity contribution in [2.24, 2.45) is 0 Å². The Balaban J connectivity index is 1.81. The number of benzene rings is 1. The summed E-state index contributed by atoms with van der Waals surface area (Å²) >= 11 is 1.81. The number of thioether (sulfide) groups is 1. The standard InChI is InChI=1S/C16H23N5OS/c1-4-23-15-7-5-14(6-8-15)13(3)20-16(22)19-12(2)9-21-11-17-10-18-21/h5-8,10-13H,4,9H2,1-3H3,(H2,19,20,22)/t12-,13+/m0/s1. The molecule has 0 aliphatic rings.